The van der Waals surface area contributed by atoms with E-state index < -0.39 is 0 Å². The zero-order chi connectivity index (χ0) is 13.0. The summed E-state index contributed by atoms with van der Waals surface area (Å²) < 4.78 is 5.66. The summed E-state index contributed by atoms with van der Waals surface area (Å²) in [5, 5.41) is 0. The van der Waals surface area contributed by atoms with Crippen molar-refractivity contribution in [3.63, 3.8) is 0 Å². The van der Waals surface area contributed by atoms with E-state index >= 15 is 0 Å². The van der Waals surface area contributed by atoms with Gasteiger partial charge in [0.15, 0.2) is 0 Å². The van der Waals surface area contributed by atoms with E-state index in [4.69, 9.17) is 10.2 Å². The van der Waals surface area contributed by atoms with E-state index in [-0.39, 0.29) is 6.04 Å². The molecule has 2 rings (SSSR count). The average Bonchev–Trinajstić information content (AvgIpc) is 2.78. The number of rotatable bonds is 5. The van der Waals surface area contributed by atoms with Gasteiger partial charge in [0, 0.05) is 25.5 Å². The molecular formula is C14H19N3O. The number of aryl methyl sites for hydroxylation is 1. The van der Waals surface area contributed by atoms with Crippen molar-refractivity contribution in [2.24, 2.45) is 5.73 Å². The fourth-order valence-corrected chi connectivity index (χ4v) is 2.03. The van der Waals surface area contributed by atoms with Gasteiger partial charge in [-0.3, -0.25) is 9.88 Å². The van der Waals surface area contributed by atoms with Crippen LogP contribution in [0.5, 0.6) is 0 Å². The van der Waals surface area contributed by atoms with Crippen LogP contribution >= 0.6 is 0 Å². The van der Waals surface area contributed by atoms with Crippen molar-refractivity contribution in [3.05, 3.63) is 53.7 Å². The van der Waals surface area contributed by atoms with Crippen LogP contribution in [-0.2, 0) is 6.54 Å². The molecule has 1 atom stereocenters. The zero-order valence-electron chi connectivity index (χ0n) is 10.8. The van der Waals surface area contributed by atoms with Crippen LogP contribution in [0.15, 0.2) is 41.1 Å². The number of pyridine rings is 1. The van der Waals surface area contributed by atoms with Crippen molar-refractivity contribution in [3.8, 4) is 0 Å². The summed E-state index contributed by atoms with van der Waals surface area (Å²) in [6.07, 6.45) is 3.61. The lowest BCUT2D eigenvalue weighted by atomic mass is 10.1. The third-order valence-electron chi connectivity index (χ3n) is 3.03. The smallest absolute Gasteiger partial charge is 0.122 e. The van der Waals surface area contributed by atoms with Gasteiger partial charge < -0.3 is 10.2 Å². The van der Waals surface area contributed by atoms with Crippen LogP contribution in [0, 0.1) is 6.92 Å². The molecule has 2 N–H and O–H groups in total. The van der Waals surface area contributed by atoms with Crippen molar-refractivity contribution in [1.29, 1.82) is 0 Å². The molecule has 2 heterocycles. The van der Waals surface area contributed by atoms with Crippen molar-refractivity contribution >= 4 is 0 Å². The Morgan fingerprint density at radius 3 is 2.56 bits per heavy atom. The molecule has 0 fully saturated rings. The van der Waals surface area contributed by atoms with Gasteiger partial charge in [-0.1, -0.05) is 0 Å². The lowest BCUT2D eigenvalue weighted by Crippen LogP contribution is -2.29. The van der Waals surface area contributed by atoms with E-state index in [1.165, 1.54) is 5.56 Å². The van der Waals surface area contributed by atoms with Crippen molar-refractivity contribution < 1.29 is 4.42 Å². The topological polar surface area (TPSA) is 55.3 Å². The fraction of sp³-hybridized carbons (Fsp3) is 0.357. The first kappa shape index (κ1) is 12.8. The summed E-state index contributed by atoms with van der Waals surface area (Å²) in [5.74, 6) is 1.84. The lowest BCUT2D eigenvalue weighted by molar-refractivity contribution is 0.211. The standard InChI is InChI=1S/C14H19N3O/c1-11-3-4-14(18-11)13(9-15)17(2)10-12-5-7-16-8-6-12/h3-8,13H,9-10,15H2,1-2H3. The molecule has 0 saturated carbocycles. The van der Waals surface area contributed by atoms with Crippen LogP contribution in [-0.4, -0.2) is 23.5 Å². The highest BCUT2D eigenvalue weighted by Crippen LogP contribution is 2.22. The minimum atomic E-state index is 0.104. The van der Waals surface area contributed by atoms with Gasteiger partial charge in [0.1, 0.15) is 11.5 Å². The molecule has 2 aromatic rings. The first-order valence-corrected chi connectivity index (χ1v) is 6.06. The number of aromatic nitrogens is 1. The van der Waals surface area contributed by atoms with Gasteiger partial charge in [0.25, 0.3) is 0 Å². The Morgan fingerprint density at radius 2 is 2.00 bits per heavy atom. The first-order chi connectivity index (χ1) is 8.70. The van der Waals surface area contributed by atoms with Crippen LogP contribution in [0.2, 0.25) is 0 Å². The van der Waals surface area contributed by atoms with Gasteiger partial charge >= 0.3 is 0 Å². The minimum Gasteiger partial charge on any atom is -0.465 e. The number of hydrogen-bond donors (Lipinski definition) is 1. The van der Waals surface area contributed by atoms with Gasteiger partial charge in [-0.2, -0.15) is 0 Å². The summed E-state index contributed by atoms with van der Waals surface area (Å²) in [4.78, 5) is 6.21. The highest BCUT2D eigenvalue weighted by molar-refractivity contribution is 5.13. The summed E-state index contributed by atoms with van der Waals surface area (Å²) in [5.41, 5.74) is 7.07. The molecule has 0 amide bonds. The summed E-state index contributed by atoms with van der Waals surface area (Å²) in [7, 11) is 2.05. The summed E-state index contributed by atoms with van der Waals surface area (Å²) in [6.45, 7) is 3.30. The number of nitrogens with two attached hydrogens (primary N) is 1. The van der Waals surface area contributed by atoms with Crippen LogP contribution in [0.3, 0.4) is 0 Å². The maximum absolute atomic E-state index is 5.85. The molecule has 96 valence electrons. The van der Waals surface area contributed by atoms with Gasteiger partial charge in [0.2, 0.25) is 0 Å². The van der Waals surface area contributed by atoms with Crippen molar-refractivity contribution in [2.45, 2.75) is 19.5 Å². The highest BCUT2D eigenvalue weighted by Gasteiger charge is 2.18. The van der Waals surface area contributed by atoms with E-state index in [1.807, 2.05) is 31.2 Å². The molecule has 1 unspecified atom stereocenters. The molecule has 0 aromatic carbocycles. The predicted octanol–water partition coefficient (Wildman–Crippen LogP) is 2.11. The second-order valence-electron chi connectivity index (χ2n) is 4.47. The Balaban J connectivity index is 2.08. The fourth-order valence-electron chi connectivity index (χ4n) is 2.03. The molecule has 0 spiro atoms. The number of furan rings is 1. The van der Waals surface area contributed by atoms with E-state index in [1.54, 1.807) is 12.4 Å². The summed E-state index contributed by atoms with van der Waals surface area (Å²) in [6, 6.07) is 8.09. The van der Waals surface area contributed by atoms with Crippen molar-refractivity contribution in [2.75, 3.05) is 13.6 Å². The van der Waals surface area contributed by atoms with Gasteiger partial charge in [-0.15, -0.1) is 0 Å². The van der Waals surface area contributed by atoms with E-state index in [2.05, 4.69) is 16.9 Å². The molecule has 0 radical (unpaired) electrons. The zero-order valence-corrected chi connectivity index (χ0v) is 10.8. The molecule has 0 aliphatic carbocycles. The molecule has 4 nitrogen and oxygen atoms in total. The molecule has 0 saturated heterocycles. The predicted molar refractivity (Wildman–Crippen MR) is 70.9 cm³/mol. The summed E-state index contributed by atoms with van der Waals surface area (Å²) >= 11 is 0. The van der Waals surface area contributed by atoms with E-state index in [9.17, 15) is 0 Å². The Kier molecular flexibility index (Phi) is 4.12. The first-order valence-electron chi connectivity index (χ1n) is 6.06. The normalized spacial score (nSPS) is 12.9. The van der Waals surface area contributed by atoms with E-state index in [0.717, 1.165) is 18.1 Å². The lowest BCUT2D eigenvalue weighted by Gasteiger charge is -2.25. The molecular weight excluding hydrogens is 226 g/mol. The SMILES string of the molecule is Cc1ccc(C(CN)N(C)Cc2ccncc2)o1. The molecule has 18 heavy (non-hydrogen) atoms. The van der Waals surface area contributed by atoms with Crippen LogP contribution in [0.1, 0.15) is 23.1 Å². The monoisotopic (exact) mass is 245 g/mol. The third kappa shape index (κ3) is 2.97. The Bertz CT molecular complexity index is 481. The maximum Gasteiger partial charge on any atom is 0.122 e. The Labute approximate surface area is 107 Å². The Hall–Kier alpha value is -1.65. The molecule has 4 heteroatoms. The quantitative estimate of drug-likeness (QED) is 0.876. The minimum absolute atomic E-state index is 0.104. The third-order valence-corrected chi connectivity index (χ3v) is 3.03. The van der Waals surface area contributed by atoms with Gasteiger partial charge in [-0.05, 0) is 43.8 Å². The highest BCUT2D eigenvalue weighted by atomic mass is 16.3. The largest absolute Gasteiger partial charge is 0.465 e. The molecule has 0 aliphatic rings. The second-order valence-corrected chi connectivity index (χ2v) is 4.47. The second kappa shape index (κ2) is 5.80. The number of nitrogens with zero attached hydrogens (tertiary/aromatic N) is 2. The molecule has 0 aliphatic heterocycles. The van der Waals surface area contributed by atoms with Crippen LogP contribution in [0.4, 0.5) is 0 Å². The molecule has 2 aromatic heterocycles. The Morgan fingerprint density at radius 1 is 1.28 bits per heavy atom. The number of hydrogen-bond acceptors (Lipinski definition) is 4. The van der Waals surface area contributed by atoms with Crippen LogP contribution < -0.4 is 5.73 Å². The number of likely N-dealkylation sites (N-methyl/N-ethyl adjacent to an activating group) is 1. The van der Waals surface area contributed by atoms with Crippen LogP contribution in [0.25, 0.3) is 0 Å². The van der Waals surface area contributed by atoms with E-state index in [0.29, 0.717) is 6.54 Å². The average molecular weight is 245 g/mol. The molecule has 0 bridgehead atoms. The van der Waals surface area contributed by atoms with Gasteiger partial charge in [0.05, 0.1) is 6.04 Å². The van der Waals surface area contributed by atoms with Gasteiger partial charge in [-0.25, -0.2) is 0 Å². The maximum atomic E-state index is 5.85. The van der Waals surface area contributed by atoms with Crippen molar-refractivity contribution in [1.82, 2.24) is 9.88 Å².